The summed E-state index contributed by atoms with van der Waals surface area (Å²) in [7, 11) is 0. The Bertz CT molecular complexity index is 533. The van der Waals surface area contributed by atoms with Gasteiger partial charge in [-0.1, -0.05) is 0 Å². The fraction of sp³-hybridized carbons (Fsp3) is 0.462. The number of piperazine rings is 1. The van der Waals surface area contributed by atoms with Gasteiger partial charge >= 0.3 is 12.2 Å². The molecule has 0 aliphatic carbocycles. The van der Waals surface area contributed by atoms with E-state index in [2.05, 4.69) is 10.6 Å². The Balaban J connectivity index is 2.14. The van der Waals surface area contributed by atoms with Crippen molar-refractivity contribution in [1.82, 2.24) is 10.2 Å². The molecule has 4 nitrogen and oxygen atoms in total. The molecule has 0 saturated carbocycles. The number of hydrogen-bond acceptors (Lipinski definition) is 2. The SMILES string of the molecule is CC1CNCCN1C(=O)Nc1ccc(F)c(C(F)(F)F)c1. The molecule has 2 amide bonds. The molecule has 1 saturated heterocycles. The lowest BCUT2D eigenvalue weighted by molar-refractivity contribution is -0.139. The van der Waals surface area contributed by atoms with Gasteiger partial charge in [0.1, 0.15) is 5.82 Å². The van der Waals surface area contributed by atoms with Crippen LogP contribution < -0.4 is 10.6 Å². The van der Waals surface area contributed by atoms with Gasteiger partial charge < -0.3 is 15.5 Å². The van der Waals surface area contributed by atoms with Gasteiger partial charge in [0.2, 0.25) is 0 Å². The highest BCUT2D eigenvalue weighted by molar-refractivity contribution is 5.89. The molecule has 0 radical (unpaired) electrons. The predicted molar refractivity (Wildman–Crippen MR) is 69.5 cm³/mol. The van der Waals surface area contributed by atoms with Gasteiger partial charge in [0.25, 0.3) is 0 Å². The molecule has 1 aromatic carbocycles. The predicted octanol–water partition coefficient (Wildman–Crippen LogP) is 2.67. The van der Waals surface area contributed by atoms with Crippen molar-refractivity contribution >= 4 is 11.7 Å². The van der Waals surface area contributed by atoms with E-state index in [4.69, 9.17) is 0 Å². The largest absolute Gasteiger partial charge is 0.419 e. The number of nitrogens with zero attached hydrogens (tertiary/aromatic N) is 1. The Kier molecular flexibility index (Phi) is 4.36. The maximum Gasteiger partial charge on any atom is 0.419 e. The molecule has 1 aliphatic heterocycles. The minimum absolute atomic E-state index is 0.0683. The normalized spacial score (nSPS) is 19.5. The van der Waals surface area contributed by atoms with Crippen LogP contribution in [0.5, 0.6) is 0 Å². The van der Waals surface area contributed by atoms with E-state index >= 15 is 0 Å². The molecule has 8 heteroatoms. The first-order valence-electron chi connectivity index (χ1n) is 6.44. The molecule has 1 aromatic rings. The van der Waals surface area contributed by atoms with Gasteiger partial charge in [0, 0.05) is 31.4 Å². The Morgan fingerprint density at radius 3 is 2.76 bits per heavy atom. The van der Waals surface area contributed by atoms with Crippen molar-refractivity contribution < 1.29 is 22.4 Å². The summed E-state index contributed by atoms with van der Waals surface area (Å²) in [6.07, 6.45) is -4.80. The Morgan fingerprint density at radius 2 is 2.14 bits per heavy atom. The first kappa shape index (κ1) is 15.6. The molecule has 1 aliphatic rings. The summed E-state index contributed by atoms with van der Waals surface area (Å²) < 4.78 is 51.0. The number of anilines is 1. The number of halogens is 4. The van der Waals surface area contributed by atoms with Crippen LogP contribution in [0.25, 0.3) is 0 Å². The molecule has 0 spiro atoms. The summed E-state index contributed by atoms with van der Waals surface area (Å²) in [6.45, 7) is 3.53. The summed E-state index contributed by atoms with van der Waals surface area (Å²) >= 11 is 0. The van der Waals surface area contributed by atoms with E-state index in [1.54, 1.807) is 0 Å². The number of carbonyl (C=O) groups is 1. The van der Waals surface area contributed by atoms with E-state index < -0.39 is 23.6 Å². The van der Waals surface area contributed by atoms with Crippen LogP contribution in [0.4, 0.5) is 28.0 Å². The van der Waals surface area contributed by atoms with E-state index in [1.165, 1.54) is 4.90 Å². The number of urea groups is 1. The third-order valence-corrected chi connectivity index (χ3v) is 3.29. The van der Waals surface area contributed by atoms with Crippen molar-refractivity contribution in [2.24, 2.45) is 0 Å². The van der Waals surface area contributed by atoms with E-state index in [-0.39, 0.29) is 11.7 Å². The van der Waals surface area contributed by atoms with Gasteiger partial charge in [0.15, 0.2) is 0 Å². The third-order valence-electron chi connectivity index (χ3n) is 3.29. The van der Waals surface area contributed by atoms with Crippen LogP contribution in [-0.4, -0.2) is 36.6 Å². The topological polar surface area (TPSA) is 44.4 Å². The van der Waals surface area contributed by atoms with Crippen LogP contribution >= 0.6 is 0 Å². The number of carbonyl (C=O) groups excluding carboxylic acids is 1. The zero-order valence-corrected chi connectivity index (χ0v) is 11.3. The van der Waals surface area contributed by atoms with E-state index in [1.807, 2.05) is 6.92 Å². The Labute approximate surface area is 119 Å². The van der Waals surface area contributed by atoms with Gasteiger partial charge in [-0.05, 0) is 25.1 Å². The van der Waals surface area contributed by atoms with E-state index in [9.17, 15) is 22.4 Å². The molecule has 1 atom stereocenters. The number of hydrogen-bond donors (Lipinski definition) is 2. The fourth-order valence-corrected chi connectivity index (χ4v) is 2.16. The van der Waals surface area contributed by atoms with Crippen LogP contribution in [0.3, 0.4) is 0 Å². The highest BCUT2D eigenvalue weighted by atomic mass is 19.4. The van der Waals surface area contributed by atoms with E-state index in [0.717, 1.165) is 6.07 Å². The summed E-state index contributed by atoms with van der Waals surface area (Å²) in [4.78, 5) is 13.6. The van der Waals surface area contributed by atoms with Crippen molar-refractivity contribution in [1.29, 1.82) is 0 Å². The number of amides is 2. The second-order valence-electron chi connectivity index (χ2n) is 4.87. The minimum Gasteiger partial charge on any atom is -0.319 e. The highest BCUT2D eigenvalue weighted by Gasteiger charge is 2.34. The monoisotopic (exact) mass is 305 g/mol. The maximum atomic E-state index is 13.2. The molecule has 1 fully saturated rings. The van der Waals surface area contributed by atoms with E-state index in [0.29, 0.717) is 31.8 Å². The lowest BCUT2D eigenvalue weighted by Gasteiger charge is -2.33. The lowest BCUT2D eigenvalue weighted by Crippen LogP contribution is -2.53. The molecule has 116 valence electrons. The molecule has 0 aromatic heterocycles. The quantitative estimate of drug-likeness (QED) is 0.784. The molecular weight excluding hydrogens is 290 g/mol. The van der Waals surface area contributed by atoms with Gasteiger partial charge in [-0.3, -0.25) is 0 Å². The zero-order valence-electron chi connectivity index (χ0n) is 11.3. The molecule has 1 heterocycles. The van der Waals surface area contributed by atoms with Crippen LogP contribution in [0, 0.1) is 5.82 Å². The summed E-state index contributed by atoms with van der Waals surface area (Å²) in [5, 5.41) is 5.47. The molecule has 0 bridgehead atoms. The maximum absolute atomic E-state index is 13.2. The third kappa shape index (κ3) is 3.63. The van der Waals surface area contributed by atoms with Gasteiger partial charge in [-0.25, -0.2) is 9.18 Å². The summed E-state index contributed by atoms with van der Waals surface area (Å²) in [5.74, 6) is -1.36. The molecule has 1 unspecified atom stereocenters. The summed E-state index contributed by atoms with van der Waals surface area (Å²) in [6, 6.07) is 1.83. The van der Waals surface area contributed by atoms with Crippen molar-refractivity contribution in [2.75, 3.05) is 25.0 Å². The first-order chi connectivity index (χ1) is 9.79. The second-order valence-corrected chi connectivity index (χ2v) is 4.87. The molecule has 2 N–H and O–H groups in total. The van der Waals surface area contributed by atoms with Crippen LogP contribution in [0.1, 0.15) is 12.5 Å². The smallest absolute Gasteiger partial charge is 0.319 e. The molecule has 2 rings (SSSR count). The minimum atomic E-state index is -4.80. The van der Waals surface area contributed by atoms with Crippen LogP contribution in [0.2, 0.25) is 0 Å². The Hall–Kier alpha value is -1.83. The summed E-state index contributed by atoms with van der Waals surface area (Å²) in [5.41, 5.74) is -1.48. The highest BCUT2D eigenvalue weighted by Crippen LogP contribution is 2.33. The zero-order chi connectivity index (χ0) is 15.6. The number of alkyl halides is 3. The van der Waals surface area contributed by atoms with Crippen molar-refractivity contribution in [3.8, 4) is 0 Å². The first-order valence-corrected chi connectivity index (χ1v) is 6.44. The average Bonchev–Trinajstić information content (AvgIpc) is 2.40. The average molecular weight is 305 g/mol. The standard InChI is InChI=1S/C13H15F4N3O/c1-8-7-18-4-5-20(8)12(21)19-9-2-3-11(14)10(6-9)13(15,16)17/h2-3,6,8,18H,4-5,7H2,1H3,(H,19,21). The lowest BCUT2D eigenvalue weighted by atomic mass is 10.2. The van der Waals surface area contributed by atoms with Gasteiger partial charge in [0.05, 0.1) is 5.56 Å². The fourth-order valence-electron chi connectivity index (χ4n) is 2.16. The van der Waals surface area contributed by atoms with Crippen LogP contribution in [0.15, 0.2) is 18.2 Å². The van der Waals surface area contributed by atoms with Crippen molar-refractivity contribution in [3.05, 3.63) is 29.6 Å². The second kappa shape index (κ2) is 5.88. The van der Waals surface area contributed by atoms with Crippen LogP contribution in [-0.2, 0) is 6.18 Å². The van der Waals surface area contributed by atoms with Gasteiger partial charge in [-0.2, -0.15) is 13.2 Å². The number of nitrogens with one attached hydrogen (secondary N) is 2. The van der Waals surface area contributed by atoms with Gasteiger partial charge in [-0.15, -0.1) is 0 Å². The number of benzene rings is 1. The molecular formula is C13H15F4N3O. The molecule has 21 heavy (non-hydrogen) atoms. The van der Waals surface area contributed by atoms with Crippen molar-refractivity contribution in [2.45, 2.75) is 19.1 Å². The Morgan fingerprint density at radius 1 is 1.43 bits per heavy atom. The number of rotatable bonds is 1. The van der Waals surface area contributed by atoms with Crippen molar-refractivity contribution in [3.63, 3.8) is 0 Å².